The number of hydrogen-bond donors (Lipinski definition) is 2. The maximum absolute atomic E-state index is 11.9. The first kappa shape index (κ1) is 24.9. The van der Waals surface area contributed by atoms with E-state index in [1.54, 1.807) is 19.0 Å². The first-order chi connectivity index (χ1) is 13.5. The van der Waals surface area contributed by atoms with Gasteiger partial charge < -0.3 is 15.5 Å². The molecule has 6 heteroatoms. The molecule has 0 aliphatic heterocycles. The average molecular weight is 508 g/mol. The molecule has 0 spiro atoms. The molecule has 158 valence electrons. The molecule has 0 saturated carbocycles. The minimum absolute atomic E-state index is 0. The Hall–Kier alpha value is -2.09. The van der Waals surface area contributed by atoms with E-state index in [4.69, 9.17) is 0 Å². The Bertz CT molecular complexity index is 735. The van der Waals surface area contributed by atoms with Gasteiger partial charge in [-0.05, 0) is 37.3 Å². The number of guanidine groups is 1. The zero-order valence-corrected chi connectivity index (χ0v) is 19.9. The largest absolute Gasteiger partial charge is 0.356 e. The molecule has 0 fully saturated rings. The molecule has 0 heterocycles. The fourth-order valence-corrected chi connectivity index (χ4v) is 2.74. The topological polar surface area (TPSA) is 56.7 Å². The van der Waals surface area contributed by atoms with Gasteiger partial charge >= 0.3 is 0 Å². The number of halogens is 1. The van der Waals surface area contributed by atoms with Crippen LogP contribution in [-0.2, 0) is 17.6 Å². The quantitative estimate of drug-likeness (QED) is 0.310. The van der Waals surface area contributed by atoms with Crippen molar-refractivity contribution in [3.63, 3.8) is 0 Å². The van der Waals surface area contributed by atoms with Gasteiger partial charge in [0.05, 0.1) is 0 Å². The number of aliphatic imine (C=N–C) groups is 1. The molecule has 0 aliphatic rings. The summed E-state index contributed by atoms with van der Waals surface area (Å²) in [5.74, 6) is 0.674. The highest BCUT2D eigenvalue weighted by Gasteiger charge is 2.08. The van der Waals surface area contributed by atoms with E-state index in [9.17, 15) is 4.79 Å². The summed E-state index contributed by atoms with van der Waals surface area (Å²) >= 11 is 0. The summed E-state index contributed by atoms with van der Waals surface area (Å²) in [5.41, 5.74) is 2.60. The zero-order chi connectivity index (χ0) is 20.2. The van der Waals surface area contributed by atoms with Gasteiger partial charge in [0.25, 0.3) is 0 Å². The number of nitrogens with one attached hydrogen (secondary N) is 2. The molecule has 2 N–H and O–H groups in total. The third-order valence-corrected chi connectivity index (χ3v) is 4.51. The van der Waals surface area contributed by atoms with E-state index in [1.165, 1.54) is 11.1 Å². The highest BCUT2D eigenvalue weighted by molar-refractivity contribution is 14.0. The van der Waals surface area contributed by atoms with Gasteiger partial charge in [-0.15, -0.1) is 24.0 Å². The van der Waals surface area contributed by atoms with Crippen molar-refractivity contribution in [1.82, 2.24) is 15.5 Å². The monoisotopic (exact) mass is 508 g/mol. The number of nitrogens with zero attached hydrogens (tertiary/aromatic N) is 2. The van der Waals surface area contributed by atoms with E-state index >= 15 is 0 Å². The summed E-state index contributed by atoms with van der Waals surface area (Å²) in [6, 6.07) is 21.1. The van der Waals surface area contributed by atoms with Crippen LogP contribution in [0.5, 0.6) is 0 Å². The predicted molar refractivity (Wildman–Crippen MR) is 132 cm³/mol. The molecule has 1 atom stereocenters. The Kier molecular flexibility index (Phi) is 12.0. The minimum atomic E-state index is -0.0129. The van der Waals surface area contributed by atoms with Crippen LogP contribution in [0, 0.1) is 0 Å². The minimum Gasteiger partial charge on any atom is -0.356 e. The summed E-state index contributed by atoms with van der Waals surface area (Å²) < 4.78 is 0. The summed E-state index contributed by atoms with van der Waals surface area (Å²) in [5, 5.41) is 6.80. The maximum atomic E-state index is 11.9. The van der Waals surface area contributed by atoms with Gasteiger partial charge in [0.2, 0.25) is 5.91 Å². The van der Waals surface area contributed by atoms with Crippen LogP contribution in [0.4, 0.5) is 0 Å². The first-order valence-corrected chi connectivity index (χ1v) is 9.87. The van der Waals surface area contributed by atoms with Crippen molar-refractivity contribution in [3.8, 4) is 0 Å². The summed E-state index contributed by atoms with van der Waals surface area (Å²) in [6.45, 7) is 3.04. The number of benzene rings is 2. The van der Waals surface area contributed by atoms with Gasteiger partial charge in [-0.1, -0.05) is 60.7 Å². The number of amides is 1. The molecule has 0 saturated heterocycles. The molecule has 0 aliphatic carbocycles. The number of carbonyl (C=O) groups excluding carboxylic acids is 1. The van der Waals surface area contributed by atoms with Gasteiger partial charge in [0.1, 0.15) is 6.54 Å². The Balaban J connectivity index is 0.00000420. The second-order valence-corrected chi connectivity index (χ2v) is 7.19. The van der Waals surface area contributed by atoms with Crippen molar-refractivity contribution in [2.24, 2.45) is 4.99 Å². The van der Waals surface area contributed by atoms with Gasteiger partial charge in [-0.25, -0.2) is 4.99 Å². The fourth-order valence-electron chi connectivity index (χ4n) is 2.74. The van der Waals surface area contributed by atoms with E-state index < -0.39 is 0 Å². The Labute approximate surface area is 192 Å². The molecule has 2 rings (SSSR count). The second-order valence-electron chi connectivity index (χ2n) is 7.19. The molecule has 1 amide bonds. The SMILES string of the molecule is CC(CCc1ccccc1)NC(=NCC(=O)N(C)C)NCCc1ccccc1.I. The van der Waals surface area contributed by atoms with Crippen LogP contribution in [0.2, 0.25) is 0 Å². The second kappa shape index (κ2) is 14.0. The van der Waals surface area contributed by atoms with Crippen LogP contribution in [0.3, 0.4) is 0 Å². The molecule has 1 unspecified atom stereocenters. The smallest absolute Gasteiger partial charge is 0.243 e. The summed E-state index contributed by atoms with van der Waals surface area (Å²) in [7, 11) is 3.49. The molecule has 0 aromatic heterocycles. The van der Waals surface area contributed by atoms with Crippen molar-refractivity contribution in [2.75, 3.05) is 27.2 Å². The Morgan fingerprint density at radius 2 is 1.52 bits per heavy atom. The van der Waals surface area contributed by atoms with Crippen LogP contribution >= 0.6 is 24.0 Å². The normalized spacial score (nSPS) is 11.9. The lowest BCUT2D eigenvalue weighted by Gasteiger charge is -2.19. The number of rotatable bonds is 9. The lowest BCUT2D eigenvalue weighted by Crippen LogP contribution is -2.43. The van der Waals surface area contributed by atoms with Crippen LogP contribution in [0.15, 0.2) is 65.7 Å². The lowest BCUT2D eigenvalue weighted by atomic mass is 10.1. The average Bonchev–Trinajstić information content (AvgIpc) is 2.71. The van der Waals surface area contributed by atoms with Gasteiger partial charge in [-0.3, -0.25) is 4.79 Å². The number of carbonyl (C=O) groups is 1. The van der Waals surface area contributed by atoms with E-state index in [0.717, 1.165) is 25.8 Å². The highest BCUT2D eigenvalue weighted by atomic mass is 127. The molecule has 2 aromatic carbocycles. The molecule has 0 bridgehead atoms. The molecule has 0 radical (unpaired) electrons. The third-order valence-electron chi connectivity index (χ3n) is 4.51. The Morgan fingerprint density at radius 1 is 0.966 bits per heavy atom. The van der Waals surface area contributed by atoms with Gasteiger partial charge in [0.15, 0.2) is 5.96 Å². The maximum Gasteiger partial charge on any atom is 0.243 e. The number of hydrogen-bond acceptors (Lipinski definition) is 2. The standard InChI is InChI=1S/C23H32N4O.HI/c1-19(14-15-20-10-6-4-7-11-20)26-23(25-18-22(28)27(2)3)24-17-16-21-12-8-5-9-13-21;/h4-13,19H,14-18H2,1-3H3,(H2,24,25,26);1H. The number of aryl methyl sites for hydroxylation is 1. The summed E-state index contributed by atoms with van der Waals surface area (Å²) in [4.78, 5) is 17.9. The predicted octanol–water partition coefficient (Wildman–Crippen LogP) is 3.49. The lowest BCUT2D eigenvalue weighted by molar-refractivity contribution is -0.127. The van der Waals surface area contributed by atoms with Crippen LogP contribution in [0.1, 0.15) is 24.5 Å². The Morgan fingerprint density at radius 3 is 2.07 bits per heavy atom. The third kappa shape index (κ3) is 10.3. The van der Waals surface area contributed by atoms with Crippen LogP contribution in [0.25, 0.3) is 0 Å². The molecular formula is C23H33IN4O. The first-order valence-electron chi connectivity index (χ1n) is 9.87. The number of likely N-dealkylation sites (N-methyl/N-ethyl adjacent to an activating group) is 1. The van der Waals surface area contributed by atoms with Crippen molar-refractivity contribution in [2.45, 2.75) is 32.2 Å². The van der Waals surface area contributed by atoms with E-state index in [-0.39, 0.29) is 42.5 Å². The van der Waals surface area contributed by atoms with Crippen molar-refractivity contribution < 1.29 is 4.79 Å². The van der Waals surface area contributed by atoms with Gasteiger partial charge in [0, 0.05) is 26.7 Å². The molecule has 2 aromatic rings. The van der Waals surface area contributed by atoms with E-state index in [2.05, 4.69) is 58.9 Å². The van der Waals surface area contributed by atoms with E-state index in [1.807, 2.05) is 24.3 Å². The molecule has 29 heavy (non-hydrogen) atoms. The van der Waals surface area contributed by atoms with Crippen LogP contribution in [-0.4, -0.2) is 50.0 Å². The van der Waals surface area contributed by atoms with Gasteiger partial charge in [-0.2, -0.15) is 0 Å². The van der Waals surface area contributed by atoms with Crippen LogP contribution < -0.4 is 10.6 Å². The molecule has 5 nitrogen and oxygen atoms in total. The molecular weight excluding hydrogens is 475 g/mol. The van der Waals surface area contributed by atoms with Crippen molar-refractivity contribution in [3.05, 3.63) is 71.8 Å². The van der Waals surface area contributed by atoms with Crippen molar-refractivity contribution >= 4 is 35.8 Å². The fraction of sp³-hybridized carbons (Fsp3) is 0.391. The highest BCUT2D eigenvalue weighted by Crippen LogP contribution is 2.05. The zero-order valence-electron chi connectivity index (χ0n) is 17.6. The van der Waals surface area contributed by atoms with Crippen molar-refractivity contribution in [1.29, 1.82) is 0 Å². The van der Waals surface area contributed by atoms with E-state index in [0.29, 0.717) is 5.96 Å². The summed E-state index contributed by atoms with van der Waals surface area (Å²) in [6.07, 6.45) is 2.90.